The Morgan fingerprint density at radius 3 is 2.94 bits per heavy atom. The van der Waals surface area contributed by atoms with Crippen LogP contribution in [0.25, 0.3) is 0 Å². The Kier molecular flexibility index (Phi) is 4.69. The van der Waals surface area contributed by atoms with Crippen LogP contribution < -0.4 is 10.1 Å². The van der Waals surface area contributed by atoms with Crippen molar-refractivity contribution in [1.82, 2.24) is 5.32 Å². The van der Waals surface area contributed by atoms with E-state index >= 15 is 0 Å². The van der Waals surface area contributed by atoms with Crippen LogP contribution in [0.15, 0.2) is 24.3 Å². The SMILES string of the molecule is CCNC(COc1cccc(Cl)c1)CC1CC1. The Morgan fingerprint density at radius 2 is 2.29 bits per heavy atom. The molecule has 1 aliphatic rings. The molecule has 0 heterocycles. The number of benzene rings is 1. The lowest BCUT2D eigenvalue weighted by Crippen LogP contribution is -2.35. The number of hydrogen-bond acceptors (Lipinski definition) is 2. The molecule has 2 rings (SSSR count). The Bertz CT molecular complexity index is 352. The van der Waals surface area contributed by atoms with Crippen molar-refractivity contribution in [3.8, 4) is 5.75 Å². The molecule has 1 atom stereocenters. The van der Waals surface area contributed by atoms with Crippen molar-refractivity contribution in [2.75, 3.05) is 13.2 Å². The van der Waals surface area contributed by atoms with E-state index in [2.05, 4.69) is 12.2 Å². The van der Waals surface area contributed by atoms with Gasteiger partial charge in [-0.15, -0.1) is 0 Å². The summed E-state index contributed by atoms with van der Waals surface area (Å²) in [6, 6.07) is 8.06. The van der Waals surface area contributed by atoms with Crippen LogP contribution in [0, 0.1) is 5.92 Å². The molecule has 1 aromatic rings. The van der Waals surface area contributed by atoms with Crippen molar-refractivity contribution in [1.29, 1.82) is 0 Å². The van der Waals surface area contributed by atoms with Crippen LogP contribution in [0.4, 0.5) is 0 Å². The van der Waals surface area contributed by atoms with Gasteiger partial charge >= 0.3 is 0 Å². The summed E-state index contributed by atoms with van der Waals surface area (Å²) in [7, 11) is 0. The average molecular weight is 254 g/mol. The first-order chi connectivity index (χ1) is 8.28. The van der Waals surface area contributed by atoms with Crippen molar-refractivity contribution in [2.45, 2.75) is 32.2 Å². The van der Waals surface area contributed by atoms with E-state index < -0.39 is 0 Å². The summed E-state index contributed by atoms with van der Waals surface area (Å²) in [5.74, 6) is 1.78. The number of halogens is 1. The van der Waals surface area contributed by atoms with Gasteiger partial charge in [0.25, 0.3) is 0 Å². The van der Waals surface area contributed by atoms with Crippen LogP contribution >= 0.6 is 11.6 Å². The molecule has 0 amide bonds. The predicted octanol–water partition coefficient (Wildman–Crippen LogP) is 3.50. The van der Waals surface area contributed by atoms with Gasteiger partial charge in [0.1, 0.15) is 12.4 Å². The maximum absolute atomic E-state index is 5.92. The summed E-state index contributed by atoms with van der Waals surface area (Å²) in [4.78, 5) is 0. The van der Waals surface area contributed by atoms with Gasteiger partial charge in [0.15, 0.2) is 0 Å². The highest BCUT2D eigenvalue weighted by atomic mass is 35.5. The van der Waals surface area contributed by atoms with Crippen LogP contribution in [0.2, 0.25) is 5.02 Å². The normalized spacial score (nSPS) is 16.8. The van der Waals surface area contributed by atoms with E-state index in [9.17, 15) is 0 Å². The van der Waals surface area contributed by atoms with Crippen LogP contribution in [-0.4, -0.2) is 19.2 Å². The van der Waals surface area contributed by atoms with E-state index in [0.29, 0.717) is 6.04 Å². The van der Waals surface area contributed by atoms with E-state index in [-0.39, 0.29) is 0 Å². The van der Waals surface area contributed by atoms with E-state index in [1.165, 1.54) is 19.3 Å². The first-order valence-electron chi connectivity index (χ1n) is 6.39. The second kappa shape index (κ2) is 6.27. The first-order valence-corrected chi connectivity index (χ1v) is 6.77. The summed E-state index contributed by atoms with van der Waals surface area (Å²) in [5, 5.41) is 4.21. The van der Waals surface area contributed by atoms with Crippen LogP contribution in [0.5, 0.6) is 5.75 Å². The molecule has 3 heteroatoms. The molecule has 17 heavy (non-hydrogen) atoms. The highest BCUT2D eigenvalue weighted by Crippen LogP contribution is 2.33. The zero-order valence-electron chi connectivity index (χ0n) is 10.3. The summed E-state index contributed by atoms with van der Waals surface area (Å²) in [6.45, 7) is 3.86. The number of nitrogens with one attached hydrogen (secondary N) is 1. The Hall–Kier alpha value is -0.730. The standard InChI is InChI=1S/C14H20ClNO/c1-2-16-13(8-11-6-7-11)10-17-14-5-3-4-12(15)9-14/h3-5,9,11,13,16H,2,6-8,10H2,1H3. The first kappa shape index (κ1) is 12.7. The van der Waals surface area contributed by atoms with Crippen molar-refractivity contribution in [3.63, 3.8) is 0 Å². The number of rotatable bonds is 7. The third kappa shape index (κ3) is 4.57. The number of hydrogen-bond donors (Lipinski definition) is 1. The quantitative estimate of drug-likeness (QED) is 0.803. The summed E-state index contributed by atoms with van der Waals surface area (Å²) < 4.78 is 5.78. The summed E-state index contributed by atoms with van der Waals surface area (Å²) in [5.41, 5.74) is 0. The molecule has 1 N–H and O–H groups in total. The third-order valence-corrected chi connectivity index (χ3v) is 3.29. The third-order valence-electron chi connectivity index (χ3n) is 3.05. The van der Waals surface area contributed by atoms with E-state index in [1.807, 2.05) is 24.3 Å². The van der Waals surface area contributed by atoms with Gasteiger partial charge in [0, 0.05) is 11.1 Å². The molecule has 94 valence electrons. The second-order valence-electron chi connectivity index (χ2n) is 4.70. The fourth-order valence-electron chi connectivity index (χ4n) is 2.01. The Balaban J connectivity index is 1.80. The largest absolute Gasteiger partial charge is 0.492 e. The molecule has 2 nitrogen and oxygen atoms in total. The van der Waals surface area contributed by atoms with Gasteiger partial charge in [-0.1, -0.05) is 37.4 Å². The smallest absolute Gasteiger partial charge is 0.120 e. The van der Waals surface area contributed by atoms with Gasteiger partial charge in [0.05, 0.1) is 0 Å². The molecule has 1 fully saturated rings. The molecule has 1 aromatic carbocycles. The molecule has 1 aliphatic carbocycles. The molecule has 0 saturated heterocycles. The lowest BCUT2D eigenvalue weighted by atomic mass is 10.1. The molecule has 0 radical (unpaired) electrons. The topological polar surface area (TPSA) is 21.3 Å². The van der Waals surface area contributed by atoms with E-state index in [1.54, 1.807) is 0 Å². The molecular weight excluding hydrogens is 234 g/mol. The lowest BCUT2D eigenvalue weighted by molar-refractivity contribution is 0.253. The van der Waals surface area contributed by atoms with Gasteiger partial charge in [-0.25, -0.2) is 0 Å². The summed E-state index contributed by atoms with van der Waals surface area (Å²) >= 11 is 5.92. The van der Waals surface area contributed by atoms with Crippen molar-refractivity contribution < 1.29 is 4.74 Å². The van der Waals surface area contributed by atoms with Crippen molar-refractivity contribution in [2.24, 2.45) is 5.92 Å². The van der Waals surface area contributed by atoms with Gasteiger partial charge in [0.2, 0.25) is 0 Å². The Morgan fingerprint density at radius 1 is 1.47 bits per heavy atom. The molecule has 0 aliphatic heterocycles. The fraction of sp³-hybridized carbons (Fsp3) is 0.571. The average Bonchev–Trinajstić information content (AvgIpc) is 3.10. The minimum absolute atomic E-state index is 0.464. The number of ether oxygens (including phenoxy) is 1. The highest BCUT2D eigenvalue weighted by Gasteiger charge is 2.25. The molecular formula is C14H20ClNO. The van der Waals surface area contributed by atoms with Crippen LogP contribution in [0.1, 0.15) is 26.2 Å². The maximum Gasteiger partial charge on any atom is 0.120 e. The zero-order chi connectivity index (χ0) is 12.1. The van der Waals surface area contributed by atoms with Gasteiger partial charge in [-0.05, 0) is 37.1 Å². The van der Waals surface area contributed by atoms with Crippen molar-refractivity contribution in [3.05, 3.63) is 29.3 Å². The van der Waals surface area contributed by atoms with Gasteiger partial charge in [-0.2, -0.15) is 0 Å². The zero-order valence-corrected chi connectivity index (χ0v) is 11.0. The minimum Gasteiger partial charge on any atom is -0.492 e. The van der Waals surface area contributed by atoms with Gasteiger partial charge in [-0.3, -0.25) is 0 Å². The minimum atomic E-state index is 0.464. The van der Waals surface area contributed by atoms with Crippen LogP contribution in [0.3, 0.4) is 0 Å². The highest BCUT2D eigenvalue weighted by molar-refractivity contribution is 6.30. The molecule has 0 aromatic heterocycles. The van der Waals surface area contributed by atoms with E-state index in [4.69, 9.17) is 16.3 Å². The molecule has 1 saturated carbocycles. The van der Waals surface area contributed by atoms with E-state index in [0.717, 1.165) is 29.8 Å². The van der Waals surface area contributed by atoms with Gasteiger partial charge < -0.3 is 10.1 Å². The van der Waals surface area contributed by atoms with Crippen molar-refractivity contribution >= 4 is 11.6 Å². The maximum atomic E-state index is 5.92. The molecule has 0 bridgehead atoms. The lowest BCUT2D eigenvalue weighted by Gasteiger charge is -2.18. The second-order valence-corrected chi connectivity index (χ2v) is 5.14. The van der Waals surface area contributed by atoms with Crippen LogP contribution in [-0.2, 0) is 0 Å². The fourth-order valence-corrected chi connectivity index (χ4v) is 2.19. The predicted molar refractivity (Wildman–Crippen MR) is 71.8 cm³/mol. The summed E-state index contributed by atoms with van der Waals surface area (Å²) in [6.07, 6.45) is 4.01. The number of likely N-dealkylation sites (N-methyl/N-ethyl adjacent to an activating group) is 1. The molecule has 1 unspecified atom stereocenters. The molecule has 0 spiro atoms. The monoisotopic (exact) mass is 253 g/mol. The Labute approximate surface area is 108 Å².